The topological polar surface area (TPSA) is 0 Å². The van der Waals surface area contributed by atoms with E-state index in [1.807, 2.05) is 12.2 Å². The van der Waals surface area contributed by atoms with Crippen molar-refractivity contribution in [3.05, 3.63) is 25.3 Å². The number of hydrogen-bond donors (Lipinski definition) is 0. The third-order valence-corrected chi connectivity index (χ3v) is 0.333. The van der Waals surface area contributed by atoms with E-state index in [2.05, 4.69) is 13.2 Å². The van der Waals surface area contributed by atoms with Gasteiger partial charge in [-0.15, -0.1) is 13.2 Å². The Morgan fingerprint density at radius 3 is 1.67 bits per heavy atom. The van der Waals surface area contributed by atoms with Crippen molar-refractivity contribution in [2.24, 2.45) is 0 Å². The normalized spacial score (nSPS) is 5.33. The van der Waals surface area contributed by atoms with E-state index in [1.165, 1.54) is 0 Å². The zero-order chi connectivity index (χ0) is 4.12. The Morgan fingerprint density at radius 1 is 1.33 bits per heavy atom. The molecule has 1 heteroatoms. The molecule has 0 saturated heterocycles. The summed E-state index contributed by atoms with van der Waals surface area (Å²) in [5, 5.41) is 0. The van der Waals surface area contributed by atoms with Gasteiger partial charge in [-0.25, -0.2) is 0 Å². The molecule has 0 aliphatic heterocycles. The van der Waals surface area contributed by atoms with Gasteiger partial charge in [-0.05, 0) is 6.42 Å². The molecule has 0 radical (unpaired) electrons. The molecule has 0 unspecified atom stereocenters. The number of rotatable bonds is 2. The van der Waals surface area contributed by atoms with Crippen LogP contribution in [0.2, 0.25) is 0 Å². The molecule has 0 heterocycles. The maximum absolute atomic E-state index is 3.48. The van der Waals surface area contributed by atoms with E-state index in [0.29, 0.717) is 0 Å². The van der Waals surface area contributed by atoms with Crippen molar-refractivity contribution in [1.82, 2.24) is 0 Å². The van der Waals surface area contributed by atoms with Crippen molar-refractivity contribution in [2.75, 3.05) is 0 Å². The summed E-state index contributed by atoms with van der Waals surface area (Å²) in [5.41, 5.74) is 0. The van der Waals surface area contributed by atoms with Gasteiger partial charge in [-0.1, -0.05) is 12.2 Å². The van der Waals surface area contributed by atoms with Crippen LogP contribution in [0.5, 0.6) is 0 Å². The van der Waals surface area contributed by atoms with Crippen LogP contribution in [0.25, 0.3) is 0 Å². The second kappa shape index (κ2) is 8.91. The number of allylic oxidation sites excluding steroid dienone is 2. The van der Waals surface area contributed by atoms with Gasteiger partial charge in [-0.3, -0.25) is 0 Å². The summed E-state index contributed by atoms with van der Waals surface area (Å²) in [6, 6.07) is 0. The Bertz CT molecular complexity index is 37.3. The van der Waals surface area contributed by atoms with Crippen LogP contribution in [0.4, 0.5) is 0 Å². The van der Waals surface area contributed by atoms with Crippen LogP contribution in [0.15, 0.2) is 25.3 Å². The summed E-state index contributed by atoms with van der Waals surface area (Å²) in [6.45, 7) is 6.96. The average Bonchev–Trinajstić information content (AvgIpc) is 1.41. The van der Waals surface area contributed by atoms with Gasteiger partial charge in [0.25, 0.3) is 0 Å². The molecule has 0 aliphatic rings. The van der Waals surface area contributed by atoms with E-state index < -0.39 is 0 Å². The molecule has 0 aromatic rings. The largest absolute Gasteiger partial charge is 1.00 e. The summed E-state index contributed by atoms with van der Waals surface area (Å²) < 4.78 is 0. The summed E-state index contributed by atoms with van der Waals surface area (Å²) in [5.74, 6) is 0. The van der Waals surface area contributed by atoms with Crippen molar-refractivity contribution in [3.63, 3.8) is 0 Å². The molecule has 0 aliphatic carbocycles. The molecule has 0 atom stereocenters. The van der Waals surface area contributed by atoms with E-state index in [-0.39, 0.29) is 20.3 Å². The SMILES string of the molecule is C=CCC=C.[H-].[Li+]. The molecule has 0 aromatic heterocycles. The Hall–Kier alpha value is 0.0774. The zero-order valence-corrected chi connectivity index (χ0v) is 4.28. The standard InChI is InChI=1S/C5H8.Li.H/c1-3-5-4-2;;/h3-4H,1-2,5H2;;/q;+1;-1. The Balaban J connectivity index is -0.0000000800. The van der Waals surface area contributed by atoms with Crippen LogP contribution in [0.1, 0.15) is 7.85 Å². The molecule has 0 amide bonds. The molecule has 0 nitrogen and oxygen atoms in total. The molecule has 0 bridgehead atoms. The maximum atomic E-state index is 3.48. The Labute approximate surface area is 52.6 Å². The molecular formula is C5H9Li. The molecule has 0 fully saturated rings. The zero-order valence-electron chi connectivity index (χ0n) is 5.28. The van der Waals surface area contributed by atoms with Gasteiger partial charge in [0.05, 0.1) is 0 Å². The van der Waals surface area contributed by atoms with Crippen molar-refractivity contribution in [3.8, 4) is 0 Å². The van der Waals surface area contributed by atoms with Crippen molar-refractivity contribution in [1.29, 1.82) is 0 Å². The van der Waals surface area contributed by atoms with Crippen molar-refractivity contribution >= 4 is 0 Å². The minimum absolute atomic E-state index is 0. The molecule has 30 valence electrons. The van der Waals surface area contributed by atoms with Crippen molar-refractivity contribution in [2.45, 2.75) is 6.42 Å². The Morgan fingerprint density at radius 2 is 1.67 bits per heavy atom. The van der Waals surface area contributed by atoms with Crippen LogP contribution in [-0.4, -0.2) is 0 Å². The van der Waals surface area contributed by atoms with E-state index in [4.69, 9.17) is 0 Å². The van der Waals surface area contributed by atoms with Crippen LogP contribution in [-0.2, 0) is 0 Å². The monoisotopic (exact) mass is 76.1 g/mol. The fourth-order valence-electron chi connectivity index (χ4n) is 0.118. The van der Waals surface area contributed by atoms with Crippen LogP contribution >= 0.6 is 0 Å². The first-order valence-electron chi connectivity index (χ1n) is 1.63. The first kappa shape index (κ1) is 9.42. The smallest absolute Gasteiger partial charge is 1.00 e. The third-order valence-electron chi connectivity index (χ3n) is 0.333. The summed E-state index contributed by atoms with van der Waals surface area (Å²) in [6.07, 6.45) is 4.54. The minimum atomic E-state index is 0. The predicted molar refractivity (Wildman–Crippen MR) is 26.1 cm³/mol. The Kier molecular flexibility index (Phi) is 14.0. The number of hydrogen-bond acceptors (Lipinski definition) is 0. The molecular weight excluding hydrogens is 67.0 g/mol. The molecule has 0 spiro atoms. The van der Waals surface area contributed by atoms with E-state index in [1.54, 1.807) is 0 Å². The second-order valence-corrected chi connectivity index (χ2v) is 0.813. The fraction of sp³-hybridized carbons (Fsp3) is 0.200. The fourth-order valence-corrected chi connectivity index (χ4v) is 0.118. The van der Waals surface area contributed by atoms with Crippen LogP contribution in [0.3, 0.4) is 0 Å². The maximum Gasteiger partial charge on any atom is 1.00 e. The molecule has 6 heavy (non-hydrogen) atoms. The van der Waals surface area contributed by atoms with Gasteiger partial charge in [0.15, 0.2) is 0 Å². The quantitative estimate of drug-likeness (QED) is 0.288. The van der Waals surface area contributed by atoms with E-state index in [9.17, 15) is 0 Å². The molecule has 0 rings (SSSR count). The minimum Gasteiger partial charge on any atom is -1.00 e. The van der Waals surface area contributed by atoms with Gasteiger partial charge in [-0.2, -0.15) is 0 Å². The van der Waals surface area contributed by atoms with Gasteiger partial charge in [0.2, 0.25) is 0 Å². The molecule has 0 aromatic carbocycles. The van der Waals surface area contributed by atoms with Crippen LogP contribution in [0, 0.1) is 0 Å². The van der Waals surface area contributed by atoms with Crippen molar-refractivity contribution < 1.29 is 20.3 Å². The van der Waals surface area contributed by atoms with Crippen LogP contribution < -0.4 is 18.9 Å². The third kappa shape index (κ3) is 8.95. The molecule has 0 saturated carbocycles. The van der Waals surface area contributed by atoms with Gasteiger partial charge in [0.1, 0.15) is 0 Å². The first-order chi connectivity index (χ1) is 2.41. The van der Waals surface area contributed by atoms with E-state index >= 15 is 0 Å². The van der Waals surface area contributed by atoms with E-state index in [0.717, 1.165) is 6.42 Å². The second-order valence-electron chi connectivity index (χ2n) is 0.813. The first-order valence-corrected chi connectivity index (χ1v) is 1.63. The van der Waals surface area contributed by atoms with Gasteiger partial charge >= 0.3 is 18.9 Å². The van der Waals surface area contributed by atoms with Gasteiger partial charge < -0.3 is 1.43 Å². The summed E-state index contributed by atoms with van der Waals surface area (Å²) in [7, 11) is 0. The average molecular weight is 76.1 g/mol. The molecule has 0 N–H and O–H groups in total. The summed E-state index contributed by atoms with van der Waals surface area (Å²) in [4.78, 5) is 0. The predicted octanol–water partition coefficient (Wildman–Crippen LogP) is -1.13. The van der Waals surface area contributed by atoms with Gasteiger partial charge in [0, 0.05) is 0 Å². The summed E-state index contributed by atoms with van der Waals surface area (Å²) >= 11 is 0.